The van der Waals surface area contributed by atoms with Crippen molar-refractivity contribution >= 4 is 28.6 Å². The molecule has 20 heavy (non-hydrogen) atoms. The van der Waals surface area contributed by atoms with Crippen LogP contribution in [0.4, 0.5) is 5.69 Å². The lowest BCUT2D eigenvalue weighted by Gasteiger charge is -2.14. The van der Waals surface area contributed by atoms with Gasteiger partial charge in [-0.05, 0) is 13.8 Å². The Hall–Kier alpha value is -1.44. The van der Waals surface area contributed by atoms with Crippen LogP contribution >= 0.6 is 22.9 Å². The molecule has 0 aliphatic rings. The average molecular weight is 315 g/mol. The second-order valence-corrected chi connectivity index (χ2v) is 5.94. The predicted octanol–water partition coefficient (Wildman–Crippen LogP) is 1.83. The number of thiazole rings is 1. The van der Waals surface area contributed by atoms with Gasteiger partial charge in [0.25, 0.3) is 5.56 Å². The minimum absolute atomic E-state index is 0.0635. The minimum atomic E-state index is -0.423. The van der Waals surface area contributed by atoms with Gasteiger partial charge >= 0.3 is 0 Å². The summed E-state index contributed by atoms with van der Waals surface area (Å²) in [4.78, 5) is 17.3. The monoisotopic (exact) mass is 314 g/mol. The molecule has 1 atom stereocenters. The Morgan fingerprint density at radius 3 is 2.90 bits per heavy atom. The molecular weight excluding hydrogens is 300 g/mol. The zero-order valence-corrected chi connectivity index (χ0v) is 12.7. The quantitative estimate of drug-likeness (QED) is 0.880. The maximum atomic E-state index is 11.9. The van der Waals surface area contributed by atoms with Crippen LogP contribution in [0.3, 0.4) is 0 Å². The van der Waals surface area contributed by atoms with E-state index >= 15 is 0 Å². The second kappa shape index (κ2) is 6.34. The molecule has 0 saturated heterocycles. The van der Waals surface area contributed by atoms with Crippen molar-refractivity contribution in [2.75, 3.05) is 11.9 Å². The van der Waals surface area contributed by atoms with Gasteiger partial charge in [-0.15, -0.1) is 11.3 Å². The van der Waals surface area contributed by atoms with Crippen LogP contribution in [0.25, 0.3) is 0 Å². The second-order valence-electron chi connectivity index (χ2n) is 4.30. The third kappa shape index (κ3) is 3.17. The van der Waals surface area contributed by atoms with Crippen molar-refractivity contribution < 1.29 is 5.11 Å². The van der Waals surface area contributed by atoms with Crippen molar-refractivity contribution in [3.8, 4) is 0 Å². The Morgan fingerprint density at radius 1 is 1.55 bits per heavy atom. The lowest BCUT2D eigenvalue weighted by atomic mass is 10.3. The molecule has 6 nitrogen and oxygen atoms in total. The molecule has 0 aliphatic heterocycles. The lowest BCUT2D eigenvalue weighted by Crippen LogP contribution is -2.26. The molecule has 0 amide bonds. The summed E-state index contributed by atoms with van der Waals surface area (Å²) in [6, 6.07) is -0.0684. The van der Waals surface area contributed by atoms with Crippen LogP contribution in [0, 0.1) is 6.92 Å². The van der Waals surface area contributed by atoms with E-state index in [1.54, 1.807) is 17.5 Å². The molecule has 0 bridgehead atoms. The fourth-order valence-corrected chi connectivity index (χ4v) is 2.66. The standard InChI is InChI=1S/C12H15ClN4O2S/c1-7-5-14-11(20-7)8(2)16-9-6-15-17(3-4-18)12(19)10(9)13/h5-6,8,16,18H,3-4H2,1-2H3. The molecule has 2 aromatic heterocycles. The molecule has 1 unspecified atom stereocenters. The van der Waals surface area contributed by atoms with Gasteiger partial charge in [-0.1, -0.05) is 11.6 Å². The van der Waals surface area contributed by atoms with Crippen molar-refractivity contribution in [2.45, 2.75) is 26.4 Å². The summed E-state index contributed by atoms with van der Waals surface area (Å²) >= 11 is 7.62. The maximum Gasteiger partial charge on any atom is 0.287 e. The highest BCUT2D eigenvalue weighted by Crippen LogP contribution is 2.25. The number of nitrogens with zero attached hydrogens (tertiary/aromatic N) is 3. The molecule has 2 rings (SSSR count). The van der Waals surface area contributed by atoms with Crippen molar-refractivity contribution in [3.05, 3.63) is 37.7 Å². The number of aliphatic hydroxyl groups excluding tert-OH is 1. The van der Waals surface area contributed by atoms with Gasteiger partial charge in [0.05, 0.1) is 31.1 Å². The zero-order valence-electron chi connectivity index (χ0n) is 11.1. The first kappa shape index (κ1) is 15.0. The van der Waals surface area contributed by atoms with Crippen molar-refractivity contribution in [1.29, 1.82) is 0 Å². The Kier molecular flexibility index (Phi) is 4.74. The van der Waals surface area contributed by atoms with Gasteiger partial charge in [0.15, 0.2) is 0 Å². The van der Waals surface area contributed by atoms with E-state index in [1.807, 2.05) is 13.8 Å². The molecule has 2 heterocycles. The van der Waals surface area contributed by atoms with Gasteiger partial charge in [0, 0.05) is 11.1 Å². The van der Waals surface area contributed by atoms with E-state index < -0.39 is 5.56 Å². The first-order valence-electron chi connectivity index (χ1n) is 6.08. The van der Waals surface area contributed by atoms with Crippen molar-refractivity contribution in [3.63, 3.8) is 0 Å². The molecule has 2 N–H and O–H groups in total. The molecule has 108 valence electrons. The van der Waals surface area contributed by atoms with E-state index in [0.29, 0.717) is 5.69 Å². The van der Waals surface area contributed by atoms with Crippen LogP contribution in [-0.4, -0.2) is 26.5 Å². The third-order valence-corrected chi connectivity index (χ3v) is 4.14. The van der Waals surface area contributed by atoms with Gasteiger partial charge in [0.2, 0.25) is 0 Å². The normalized spacial score (nSPS) is 12.4. The smallest absolute Gasteiger partial charge is 0.287 e. The molecule has 0 spiro atoms. The van der Waals surface area contributed by atoms with Crippen LogP contribution in [0.15, 0.2) is 17.2 Å². The van der Waals surface area contributed by atoms with Crippen LogP contribution < -0.4 is 10.9 Å². The maximum absolute atomic E-state index is 11.9. The molecular formula is C12H15ClN4O2S. The summed E-state index contributed by atoms with van der Waals surface area (Å²) in [5.41, 5.74) is 0.0412. The Morgan fingerprint density at radius 2 is 2.30 bits per heavy atom. The Labute approximate surface area is 125 Å². The van der Waals surface area contributed by atoms with Gasteiger partial charge in [-0.3, -0.25) is 4.79 Å². The lowest BCUT2D eigenvalue weighted by molar-refractivity contribution is 0.266. The number of aryl methyl sites for hydroxylation is 1. The van der Waals surface area contributed by atoms with E-state index in [4.69, 9.17) is 16.7 Å². The van der Waals surface area contributed by atoms with Crippen molar-refractivity contribution in [1.82, 2.24) is 14.8 Å². The fourth-order valence-electron chi connectivity index (χ4n) is 1.69. The highest BCUT2D eigenvalue weighted by Gasteiger charge is 2.14. The highest BCUT2D eigenvalue weighted by atomic mass is 35.5. The summed E-state index contributed by atoms with van der Waals surface area (Å²) < 4.78 is 1.13. The average Bonchev–Trinajstić information content (AvgIpc) is 2.85. The summed E-state index contributed by atoms with van der Waals surface area (Å²) in [7, 11) is 0. The van der Waals surface area contributed by atoms with Gasteiger partial charge < -0.3 is 10.4 Å². The topological polar surface area (TPSA) is 80.0 Å². The predicted molar refractivity (Wildman–Crippen MR) is 79.5 cm³/mol. The summed E-state index contributed by atoms with van der Waals surface area (Å²) in [6.45, 7) is 3.89. The number of hydrogen-bond donors (Lipinski definition) is 2. The molecule has 0 aliphatic carbocycles. The number of aliphatic hydroxyl groups is 1. The first-order valence-corrected chi connectivity index (χ1v) is 7.27. The highest BCUT2D eigenvalue weighted by molar-refractivity contribution is 7.11. The number of hydrogen-bond acceptors (Lipinski definition) is 6. The summed E-state index contributed by atoms with van der Waals surface area (Å²) in [5.74, 6) is 0. The Balaban J connectivity index is 2.22. The summed E-state index contributed by atoms with van der Waals surface area (Å²) in [6.07, 6.45) is 3.29. The van der Waals surface area contributed by atoms with Gasteiger partial charge in [-0.25, -0.2) is 9.67 Å². The van der Waals surface area contributed by atoms with E-state index in [-0.39, 0.29) is 24.2 Å². The molecule has 0 radical (unpaired) electrons. The van der Waals surface area contributed by atoms with Gasteiger partial charge in [0.1, 0.15) is 10.0 Å². The SMILES string of the molecule is Cc1cnc(C(C)Nc2cnn(CCO)c(=O)c2Cl)s1. The van der Waals surface area contributed by atoms with E-state index in [9.17, 15) is 4.79 Å². The Bertz CT molecular complexity index is 655. The molecule has 8 heteroatoms. The minimum Gasteiger partial charge on any atom is -0.394 e. The molecule has 2 aromatic rings. The van der Waals surface area contributed by atoms with Crippen LogP contribution in [0.1, 0.15) is 22.9 Å². The van der Waals surface area contributed by atoms with E-state index in [1.165, 1.54) is 6.20 Å². The van der Waals surface area contributed by atoms with E-state index in [0.717, 1.165) is 14.6 Å². The molecule has 0 fully saturated rings. The largest absolute Gasteiger partial charge is 0.394 e. The molecule has 0 saturated carbocycles. The van der Waals surface area contributed by atoms with Crippen LogP contribution in [0.2, 0.25) is 5.02 Å². The number of nitrogens with one attached hydrogen (secondary N) is 1. The number of rotatable bonds is 5. The first-order chi connectivity index (χ1) is 9.52. The van der Waals surface area contributed by atoms with E-state index in [2.05, 4.69) is 15.4 Å². The zero-order chi connectivity index (χ0) is 14.7. The number of anilines is 1. The van der Waals surface area contributed by atoms with Crippen molar-refractivity contribution in [2.24, 2.45) is 0 Å². The third-order valence-electron chi connectivity index (χ3n) is 2.68. The van der Waals surface area contributed by atoms with Crippen LogP contribution in [-0.2, 0) is 6.54 Å². The summed E-state index contributed by atoms with van der Waals surface area (Å²) in [5, 5.41) is 16.9. The van der Waals surface area contributed by atoms with Gasteiger partial charge in [-0.2, -0.15) is 5.10 Å². The number of halogens is 1. The molecule has 0 aromatic carbocycles. The van der Waals surface area contributed by atoms with Crippen LogP contribution in [0.5, 0.6) is 0 Å². The number of aromatic nitrogens is 3. The fraction of sp³-hybridized carbons (Fsp3) is 0.417.